The topological polar surface area (TPSA) is 66.8 Å². The Kier molecular flexibility index (Phi) is 2.81. The quantitative estimate of drug-likeness (QED) is 0.802. The molecule has 124 valence electrons. The van der Waals surface area contributed by atoms with Crippen LogP contribution in [0.4, 0.5) is 0 Å². The molecule has 2 aliphatic rings. The van der Waals surface area contributed by atoms with Gasteiger partial charge < -0.3 is 14.5 Å². The molecule has 0 saturated heterocycles. The molecule has 2 saturated carbocycles. The fourth-order valence-electron chi connectivity index (χ4n) is 3.75. The van der Waals surface area contributed by atoms with Crippen LogP contribution >= 0.6 is 0 Å². The van der Waals surface area contributed by atoms with Gasteiger partial charge in [0.2, 0.25) is 0 Å². The van der Waals surface area contributed by atoms with Crippen LogP contribution in [0.5, 0.6) is 0 Å². The molecule has 1 amide bonds. The van der Waals surface area contributed by atoms with E-state index in [0.717, 1.165) is 65.8 Å². The van der Waals surface area contributed by atoms with Gasteiger partial charge in [-0.1, -0.05) is 0 Å². The highest BCUT2D eigenvalue weighted by atomic mass is 16.2. The maximum Gasteiger partial charge on any atom is 0.271 e. The SMILES string of the molecule is CCn1c(C(=O)N(C2CC2)C2CC2)cc2c3nc(C)[nH]c3cnc21. The van der Waals surface area contributed by atoms with E-state index in [1.807, 2.05) is 23.8 Å². The van der Waals surface area contributed by atoms with Crippen molar-refractivity contribution in [3.05, 3.63) is 23.8 Å². The van der Waals surface area contributed by atoms with Crippen molar-refractivity contribution in [3.63, 3.8) is 0 Å². The predicted molar refractivity (Wildman–Crippen MR) is 92.0 cm³/mol. The maximum atomic E-state index is 13.2. The highest BCUT2D eigenvalue weighted by molar-refractivity contribution is 6.06. The molecule has 0 atom stereocenters. The molecule has 0 spiro atoms. The molecule has 5 rings (SSSR count). The summed E-state index contributed by atoms with van der Waals surface area (Å²) >= 11 is 0. The summed E-state index contributed by atoms with van der Waals surface area (Å²) < 4.78 is 2.04. The van der Waals surface area contributed by atoms with Gasteiger partial charge in [-0.15, -0.1) is 0 Å². The van der Waals surface area contributed by atoms with E-state index in [4.69, 9.17) is 0 Å². The average Bonchev–Trinajstić information content (AvgIpc) is 3.48. The van der Waals surface area contributed by atoms with E-state index in [1.54, 1.807) is 0 Å². The zero-order chi connectivity index (χ0) is 16.4. The lowest BCUT2D eigenvalue weighted by atomic mass is 10.2. The van der Waals surface area contributed by atoms with Crippen LogP contribution in [0, 0.1) is 6.92 Å². The van der Waals surface area contributed by atoms with Crippen molar-refractivity contribution in [2.24, 2.45) is 0 Å². The molecule has 0 unspecified atom stereocenters. The number of rotatable bonds is 4. The Morgan fingerprint density at radius 2 is 2.04 bits per heavy atom. The van der Waals surface area contributed by atoms with Gasteiger partial charge in [0, 0.05) is 24.0 Å². The molecule has 0 bridgehead atoms. The van der Waals surface area contributed by atoms with Crippen LogP contribution in [-0.2, 0) is 6.54 Å². The second-order valence-corrected chi connectivity index (χ2v) is 7.03. The number of amides is 1. The van der Waals surface area contributed by atoms with Crippen molar-refractivity contribution in [1.82, 2.24) is 24.4 Å². The fourth-order valence-corrected chi connectivity index (χ4v) is 3.75. The van der Waals surface area contributed by atoms with Crippen molar-refractivity contribution in [3.8, 4) is 0 Å². The third-order valence-electron chi connectivity index (χ3n) is 5.14. The van der Waals surface area contributed by atoms with Crippen molar-refractivity contribution >= 4 is 28.0 Å². The first-order chi connectivity index (χ1) is 11.7. The van der Waals surface area contributed by atoms with Gasteiger partial charge in [-0.3, -0.25) is 4.79 Å². The fraction of sp³-hybridized carbons (Fsp3) is 0.500. The average molecular weight is 323 g/mol. The third kappa shape index (κ3) is 1.98. The minimum absolute atomic E-state index is 0.167. The molecule has 0 aromatic carbocycles. The number of fused-ring (bicyclic) bond motifs is 3. The zero-order valence-electron chi connectivity index (χ0n) is 14.0. The standard InChI is InChI=1S/C18H21N5O/c1-3-22-15(18(24)23(11-4-5-11)12-6-7-12)8-13-16-14(9-19-17(13)22)20-10(2)21-16/h8-9,11-12H,3-7H2,1-2H3,(H,20,21). The van der Waals surface area contributed by atoms with Crippen molar-refractivity contribution in [1.29, 1.82) is 0 Å². The van der Waals surface area contributed by atoms with Crippen LogP contribution < -0.4 is 0 Å². The summed E-state index contributed by atoms with van der Waals surface area (Å²) in [7, 11) is 0. The first-order valence-corrected chi connectivity index (χ1v) is 8.84. The number of carbonyl (C=O) groups excluding carboxylic acids is 1. The number of aromatic nitrogens is 4. The number of nitrogens with zero attached hydrogens (tertiary/aromatic N) is 4. The van der Waals surface area contributed by atoms with Gasteiger partial charge in [-0.25, -0.2) is 9.97 Å². The minimum Gasteiger partial charge on any atom is -0.341 e. The highest BCUT2D eigenvalue weighted by Gasteiger charge is 2.43. The van der Waals surface area contributed by atoms with E-state index in [2.05, 4.69) is 26.8 Å². The lowest BCUT2D eigenvalue weighted by Gasteiger charge is -2.22. The molecule has 2 fully saturated rings. The van der Waals surface area contributed by atoms with Crippen LogP contribution in [0.3, 0.4) is 0 Å². The van der Waals surface area contributed by atoms with Gasteiger partial charge in [-0.05, 0) is 45.6 Å². The maximum absolute atomic E-state index is 13.2. The number of hydrogen-bond acceptors (Lipinski definition) is 3. The monoisotopic (exact) mass is 323 g/mol. The predicted octanol–water partition coefficient (Wildman–Crippen LogP) is 3.01. The molecule has 0 radical (unpaired) electrons. The molecule has 3 heterocycles. The van der Waals surface area contributed by atoms with Crippen LogP contribution in [-0.4, -0.2) is 42.4 Å². The van der Waals surface area contributed by atoms with Crippen LogP contribution in [0.2, 0.25) is 0 Å². The molecule has 3 aromatic rings. The Hall–Kier alpha value is -2.37. The summed E-state index contributed by atoms with van der Waals surface area (Å²) in [5.41, 5.74) is 3.44. The molecule has 3 aromatic heterocycles. The number of carbonyl (C=O) groups is 1. The molecular weight excluding hydrogens is 302 g/mol. The van der Waals surface area contributed by atoms with E-state index in [1.165, 1.54) is 0 Å². The van der Waals surface area contributed by atoms with E-state index in [9.17, 15) is 4.79 Å². The Morgan fingerprint density at radius 3 is 2.67 bits per heavy atom. The number of pyridine rings is 1. The Bertz CT molecular complexity index is 949. The highest BCUT2D eigenvalue weighted by Crippen LogP contribution is 2.39. The Morgan fingerprint density at radius 1 is 1.33 bits per heavy atom. The van der Waals surface area contributed by atoms with Crippen molar-refractivity contribution < 1.29 is 4.79 Å². The number of aromatic amines is 1. The summed E-state index contributed by atoms with van der Waals surface area (Å²) in [6.07, 6.45) is 6.41. The van der Waals surface area contributed by atoms with Crippen LogP contribution in [0.25, 0.3) is 22.1 Å². The van der Waals surface area contributed by atoms with E-state index >= 15 is 0 Å². The van der Waals surface area contributed by atoms with Crippen molar-refractivity contribution in [2.75, 3.05) is 0 Å². The summed E-state index contributed by atoms with van der Waals surface area (Å²) in [4.78, 5) is 27.8. The third-order valence-corrected chi connectivity index (χ3v) is 5.14. The number of hydrogen-bond donors (Lipinski definition) is 1. The second kappa shape index (κ2) is 4.82. The first-order valence-electron chi connectivity index (χ1n) is 8.84. The molecule has 6 heteroatoms. The molecule has 24 heavy (non-hydrogen) atoms. The summed E-state index contributed by atoms with van der Waals surface area (Å²) in [5, 5.41) is 0.966. The van der Waals surface area contributed by atoms with Gasteiger partial charge in [-0.2, -0.15) is 0 Å². The lowest BCUT2D eigenvalue weighted by Crippen LogP contribution is -2.36. The summed E-state index contributed by atoms with van der Waals surface area (Å²) in [6.45, 7) is 4.74. The van der Waals surface area contributed by atoms with Gasteiger partial charge in [0.15, 0.2) is 0 Å². The van der Waals surface area contributed by atoms with E-state index in [-0.39, 0.29) is 5.91 Å². The Balaban J connectivity index is 1.69. The Labute approximate surface area is 139 Å². The van der Waals surface area contributed by atoms with Crippen LogP contribution in [0.15, 0.2) is 12.3 Å². The molecular formula is C18H21N5O. The van der Waals surface area contributed by atoms with Gasteiger partial charge in [0.1, 0.15) is 22.7 Å². The molecule has 1 N–H and O–H groups in total. The number of aryl methyl sites for hydroxylation is 2. The molecule has 0 aliphatic heterocycles. The lowest BCUT2D eigenvalue weighted by molar-refractivity contribution is 0.0719. The van der Waals surface area contributed by atoms with Crippen molar-refractivity contribution in [2.45, 2.75) is 58.2 Å². The van der Waals surface area contributed by atoms with E-state index in [0.29, 0.717) is 12.1 Å². The summed E-state index contributed by atoms with van der Waals surface area (Å²) in [6, 6.07) is 2.90. The molecule has 6 nitrogen and oxygen atoms in total. The smallest absolute Gasteiger partial charge is 0.271 e. The number of nitrogens with one attached hydrogen (secondary N) is 1. The zero-order valence-corrected chi connectivity index (χ0v) is 14.0. The number of H-pyrrole nitrogens is 1. The van der Waals surface area contributed by atoms with Gasteiger partial charge in [0.25, 0.3) is 5.91 Å². The summed E-state index contributed by atoms with van der Waals surface area (Å²) in [5.74, 6) is 1.04. The minimum atomic E-state index is 0.167. The molecule has 2 aliphatic carbocycles. The largest absolute Gasteiger partial charge is 0.341 e. The second-order valence-electron chi connectivity index (χ2n) is 7.03. The number of imidazole rings is 1. The van der Waals surface area contributed by atoms with Crippen LogP contribution in [0.1, 0.15) is 48.9 Å². The van der Waals surface area contributed by atoms with Gasteiger partial charge >= 0.3 is 0 Å². The van der Waals surface area contributed by atoms with Gasteiger partial charge in [0.05, 0.1) is 11.7 Å². The van der Waals surface area contributed by atoms with E-state index < -0.39 is 0 Å². The first kappa shape index (κ1) is 14.0. The normalized spacial score (nSPS) is 17.8.